The number of rotatable bonds is 4. The molecule has 0 amide bonds. The minimum Gasteiger partial charge on any atom is -0.504 e. The highest BCUT2D eigenvalue weighted by Crippen LogP contribution is 2.33. The van der Waals surface area contributed by atoms with Gasteiger partial charge in [-0.2, -0.15) is 0 Å². The van der Waals surface area contributed by atoms with Crippen LogP contribution in [0.15, 0.2) is 17.7 Å². The molecule has 7 heteroatoms. The highest BCUT2D eigenvalue weighted by molar-refractivity contribution is 6.32. The summed E-state index contributed by atoms with van der Waals surface area (Å²) in [6.45, 7) is 0. The summed E-state index contributed by atoms with van der Waals surface area (Å²) >= 11 is 5.77. The first kappa shape index (κ1) is 13.9. The smallest absolute Gasteiger partial charge is 0.343 e. The van der Waals surface area contributed by atoms with Crippen molar-refractivity contribution in [3.63, 3.8) is 0 Å². The predicted octanol–water partition coefficient (Wildman–Crippen LogP) is 1.61. The lowest BCUT2D eigenvalue weighted by molar-refractivity contribution is -0.140. The van der Waals surface area contributed by atoms with Crippen LogP contribution < -0.4 is 4.74 Å². The fourth-order valence-corrected chi connectivity index (χ4v) is 1.42. The molecule has 0 aliphatic heterocycles. The Morgan fingerprint density at radius 2 is 1.83 bits per heavy atom. The molecule has 0 fully saturated rings. The highest BCUT2D eigenvalue weighted by atomic mass is 35.5. The van der Waals surface area contributed by atoms with Gasteiger partial charge in [-0.25, -0.2) is 9.59 Å². The Morgan fingerprint density at radius 1 is 1.28 bits per heavy atom. The highest BCUT2D eigenvalue weighted by Gasteiger charge is 2.17. The third-order valence-electron chi connectivity index (χ3n) is 2.06. The molecule has 18 heavy (non-hydrogen) atoms. The van der Waals surface area contributed by atoms with E-state index in [9.17, 15) is 14.7 Å². The Labute approximate surface area is 107 Å². The van der Waals surface area contributed by atoms with Gasteiger partial charge in [0.25, 0.3) is 0 Å². The number of hydrogen-bond donors (Lipinski definition) is 3. The van der Waals surface area contributed by atoms with Gasteiger partial charge in [0.2, 0.25) is 0 Å². The number of hydrogen-bond acceptors (Lipinski definition) is 4. The van der Waals surface area contributed by atoms with Crippen LogP contribution in [0.1, 0.15) is 5.56 Å². The number of aromatic hydroxyl groups is 1. The zero-order valence-corrected chi connectivity index (χ0v) is 9.93. The second-order valence-corrected chi connectivity index (χ2v) is 3.62. The summed E-state index contributed by atoms with van der Waals surface area (Å²) in [6.07, 6.45) is 0.884. The average Bonchev–Trinajstić information content (AvgIpc) is 2.26. The molecule has 0 aliphatic carbocycles. The molecule has 0 aromatic heterocycles. The molecule has 0 spiro atoms. The van der Waals surface area contributed by atoms with Crippen molar-refractivity contribution in [2.45, 2.75) is 0 Å². The Bertz CT molecular complexity index is 519. The van der Waals surface area contributed by atoms with Crippen LogP contribution in [0.5, 0.6) is 11.5 Å². The molecule has 0 bridgehead atoms. The average molecular weight is 273 g/mol. The molecule has 96 valence electrons. The summed E-state index contributed by atoms with van der Waals surface area (Å²) in [6, 6.07) is 2.37. The number of phenols is 1. The minimum atomic E-state index is -1.59. The van der Waals surface area contributed by atoms with Gasteiger partial charge < -0.3 is 20.1 Å². The van der Waals surface area contributed by atoms with Crippen LogP contribution in [0.3, 0.4) is 0 Å². The Kier molecular flexibility index (Phi) is 4.17. The minimum absolute atomic E-state index is 0.00769. The zero-order chi connectivity index (χ0) is 13.9. The topological polar surface area (TPSA) is 104 Å². The molecule has 0 heterocycles. The largest absolute Gasteiger partial charge is 0.504 e. The second-order valence-electron chi connectivity index (χ2n) is 3.21. The van der Waals surface area contributed by atoms with Crippen molar-refractivity contribution < 1.29 is 29.6 Å². The fourth-order valence-electron chi connectivity index (χ4n) is 1.20. The molecule has 0 atom stereocenters. The quantitative estimate of drug-likeness (QED) is 0.437. The molecule has 6 nitrogen and oxygen atoms in total. The van der Waals surface area contributed by atoms with E-state index in [0.717, 1.165) is 12.1 Å². The monoisotopic (exact) mass is 272 g/mol. The van der Waals surface area contributed by atoms with Crippen molar-refractivity contribution in [3.05, 3.63) is 28.3 Å². The fraction of sp³-hybridized carbons (Fsp3) is 0.0909. The van der Waals surface area contributed by atoms with Crippen molar-refractivity contribution in [3.8, 4) is 11.5 Å². The van der Waals surface area contributed by atoms with E-state index in [0.29, 0.717) is 0 Å². The summed E-state index contributed by atoms with van der Waals surface area (Å²) in [4.78, 5) is 21.4. The van der Waals surface area contributed by atoms with E-state index in [1.807, 2.05) is 0 Å². The van der Waals surface area contributed by atoms with Crippen molar-refractivity contribution >= 4 is 29.6 Å². The van der Waals surface area contributed by atoms with E-state index in [-0.39, 0.29) is 22.1 Å². The van der Waals surface area contributed by atoms with Gasteiger partial charge in [0.15, 0.2) is 11.5 Å². The van der Waals surface area contributed by atoms with Crippen molar-refractivity contribution in [1.29, 1.82) is 0 Å². The van der Waals surface area contributed by atoms with E-state index in [2.05, 4.69) is 0 Å². The molecule has 3 N–H and O–H groups in total. The third kappa shape index (κ3) is 2.92. The summed E-state index contributed by atoms with van der Waals surface area (Å²) in [5.74, 6) is -3.36. The van der Waals surface area contributed by atoms with E-state index < -0.39 is 17.5 Å². The molecule has 0 aliphatic rings. The number of benzene rings is 1. The lowest BCUT2D eigenvalue weighted by atomic mass is 10.1. The van der Waals surface area contributed by atoms with Crippen LogP contribution in [0.25, 0.3) is 6.08 Å². The van der Waals surface area contributed by atoms with Gasteiger partial charge in [-0.1, -0.05) is 11.6 Å². The lowest BCUT2D eigenvalue weighted by Crippen LogP contribution is -2.10. The third-order valence-corrected chi connectivity index (χ3v) is 2.39. The van der Waals surface area contributed by atoms with Crippen LogP contribution >= 0.6 is 11.6 Å². The number of methoxy groups -OCH3 is 1. The number of phenolic OH excluding ortho intramolecular Hbond substituents is 1. The molecular weight excluding hydrogens is 264 g/mol. The first-order valence-corrected chi connectivity index (χ1v) is 4.99. The maximum Gasteiger partial charge on any atom is 0.343 e. The van der Waals surface area contributed by atoms with Gasteiger partial charge >= 0.3 is 11.9 Å². The van der Waals surface area contributed by atoms with Crippen LogP contribution in [0, 0.1) is 0 Å². The van der Waals surface area contributed by atoms with Crippen LogP contribution in [0.4, 0.5) is 0 Å². The molecule has 1 aromatic rings. The summed E-state index contributed by atoms with van der Waals surface area (Å²) in [5.41, 5.74) is -0.726. The number of halogens is 1. The second kappa shape index (κ2) is 5.42. The van der Waals surface area contributed by atoms with Gasteiger partial charge in [-0.3, -0.25) is 0 Å². The van der Waals surface area contributed by atoms with E-state index in [1.54, 1.807) is 0 Å². The number of carbonyl (C=O) groups is 2. The predicted molar refractivity (Wildman–Crippen MR) is 62.9 cm³/mol. The number of carboxylic acid groups (broad SMARTS) is 2. The maximum atomic E-state index is 10.7. The normalized spacial score (nSPS) is 9.67. The lowest BCUT2D eigenvalue weighted by Gasteiger charge is -2.06. The van der Waals surface area contributed by atoms with E-state index >= 15 is 0 Å². The summed E-state index contributed by atoms with van der Waals surface area (Å²) < 4.78 is 4.81. The molecule has 0 unspecified atom stereocenters. The molecule has 1 aromatic carbocycles. The Morgan fingerprint density at radius 3 is 2.28 bits per heavy atom. The van der Waals surface area contributed by atoms with E-state index in [4.69, 9.17) is 26.6 Å². The summed E-state index contributed by atoms with van der Waals surface area (Å²) in [5, 5.41) is 26.8. The number of carboxylic acids is 2. The standard InChI is InChI=1S/C11H9ClO6/c1-18-9-3-5(7(12)4-8(9)13)2-6(10(14)15)11(16)17/h2-4,13H,1H3,(H,14,15)(H,16,17). The molecule has 0 saturated carbocycles. The van der Waals surface area contributed by atoms with Crippen LogP contribution in [-0.4, -0.2) is 34.4 Å². The van der Waals surface area contributed by atoms with Crippen molar-refractivity contribution in [2.24, 2.45) is 0 Å². The van der Waals surface area contributed by atoms with Gasteiger partial charge in [-0.05, 0) is 17.7 Å². The van der Waals surface area contributed by atoms with Gasteiger partial charge in [0.05, 0.1) is 12.1 Å². The first-order valence-electron chi connectivity index (χ1n) is 4.61. The van der Waals surface area contributed by atoms with Gasteiger partial charge in [-0.15, -0.1) is 0 Å². The SMILES string of the molecule is COc1cc(C=C(C(=O)O)C(=O)O)c(Cl)cc1O. The number of aliphatic carboxylic acids is 2. The van der Waals surface area contributed by atoms with E-state index in [1.165, 1.54) is 13.2 Å². The van der Waals surface area contributed by atoms with Gasteiger partial charge in [0.1, 0.15) is 5.57 Å². The van der Waals surface area contributed by atoms with Crippen molar-refractivity contribution in [1.82, 2.24) is 0 Å². The van der Waals surface area contributed by atoms with Crippen molar-refractivity contribution in [2.75, 3.05) is 7.11 Å². The Balaban J connectivity index is 3.37. The summed E-state index contributed by atoms with van der Waals surface area (Å²) in [7, 11) is 1.30. The van der Waals surface area contributed by atoms with Gasteiger partial charge in [0, 0.05) is 6.07 Å². The first-order chi connectivity index (χ1) is 8.36. The van der Waals surface area contributed by atoms with Crippen LogP contribution in [-0.2, 0) is 9.59 Å². The molecule has 0 saturated heterocycles. The number of ether oxygens (including phenoxy) is 1. The Hall–Kier alpha value is -2.21. The molecule has 1 rings (SSSR count). The zero-order valence-electron chi connectivity index (χ0n) is 9.18. The molecular formula is C11H9ClO6. The maximum absolute atomic E-state index is 10.7. The van der Waals surface area contributed by atoms with Crippen LogP contribution in [0.2, 0.25) is 5.02 Å². The molecule has 0 radical (unpaired) electrons.